The molecule has 7 nitrogen and oxygen atoms in total. The molecule has 1 heterocycles. The van der Waals surface area contributed by atoms with Gasteiger partial charge in [0.15, 0.2) is 0 Å². The van der Waals surface area contributed by atoms with Crippen LogP contribution in [-0.4, -0.2) is 14.4 Å². The number of nitro groups is 2. The van der Waals surface area contributed by atoms with Crippen molar-refractivity contribution in [3.8, 4) is 22.3 Å². The van der Waals surface area contributed by atoms with Crippen LogP contribution in [-0.2, 0) is 6.54 Å². The molecule has 1 aromatic heterocycles. The zero-order chi connectivity index (χ0) is 25.9. The number of hydrogen-bond acceptors (Lipinski definition) is 4. The topological polar surface area (TPSA) is 91.2 Å². The number of hydrogen-bond donors (Lipinski definition) is 0. The fourth-order valence-corrected chi connectivity index (χ4v) is 5.10. The Morgan fingerprint density at radius 1 is 0.649 bits per heavy atom. The molecule has 0 aliphatic rings. The summed E-state index contributed by atoms with van der Waals surface area (Å²) in [6.07, 6.45) is 4.25. The second-order valence-electron chi connectivity index (χ2n) is 9.23. The van der Waals surface area contributed by atoms with Crippen LogP contribution in [0.25, 0.3) is 44.1 Å². The van der Waals surface area contributed by atoms with Crippen molar-refractivity contribution in [2.75, 3.05) is 0 Å². The summed E-state index contributed by atoms with van der Waals surface area (Å²) in [5, 5.41) is 25.6. The zero-order valence-electron chi connectivity index (χ0n) is 20.6. The minimum absolute atomic E-state index is 0.0153. The van der Waals surface area contributed by atoms with Gasteiger partial charge in [0.05, 0.1) is 32.0 Å². The number of nitro benzene ring substituents is 2. The first-order chi connectivity index (χ1) is 18.0. The Morgan fingerprint density at radius 2 is 1.11 bits per heavy atom. The van der Waals surface area contributed by atoms with Gasteiger partial charge in [0.25, 0.3) is 11.4 Å². The van der Waals surface area contributed by atoms with Crippen molar-refractivity contribution in [3.05, 3.63) is 105 Å². The lowest BCUT2D eigenvalue weighted by Crippen LogP contribution is -2.00. The summed E-state index contributed by atoms with van der Waals surface area (Å²) in [7, 11) is 0. The van der Waals surface area contributed by atoms with E-state index in [0.717, 1.165) is 54.4 Å². The average Bonchev–Trinajstić information content (AvgIpc) is 3.22. The molecule has 0 saturated carbocycles. The van der Waals surface area contributed by atoms with Crippen LogP contribution in [0.2, 0.25) is 0 Å². The number of benzene rings is 4. The van der Waals surface area contributed by atoms with Gasteiger partial charge in [-0.3, -0.25) is 20.2 Å². The standard InChI is InChI=1S/C30H27N3O4/c1-2-3-4-11-16-31-27-17-23(21-12-7-5-8-13-21)29(32(34)35)19-25(27)26-20-30(33(36)37)24(18-28(26)31)22-14-9-6-10-15-22/h5-10,12-15,17-20H,2-4,11,16H2,1H3. The van der Waals surface area contributed by atoms with Gasteiger partial charge in [-0.1, -0.05) is 86.8 Å². The van der Waals surface area contributed by atoms with E-state index in [2.05, 4.69) is 11.5 Å². The Bertz CT molecular complexity index is 1490. The van der Waals surface area contributed by atoms with Gasteiger partial charge in [0.1, 0.15) is 0 Å². The average molecular weight is 494 g/mol. The molecule has 0 saturated heterocycles. The predicted molar refractivity (Wildman–Crippen MR) is 148 cm³/mol. The van der Waals surface area contributed by atoms with Crippen molar-refractivity contribution in [1.29, 1.82) is 0 Å². The van der Waals surface area contributed by atoms with Crippen molar-refractivity contribution in [3.63, 3.8) is 0 Å². The third kappa shape index (κ3) is 4.56. The lowest BCUT2D eigenvalue weighted by atomic mass is 9.99. The van der Waals surface area contributed by atoms with Crippen LogP contribution < -0.4 is 0 Å². The van der Waals surface area contributed by atoms with Crippen molar-refractivity contribution < 1.29 is 9.85 Å². The normalized spacial score (nSPS) is 11.3. The smallest absolute Gasteiger partial charge is 0.277 e. The third-order valence-corrected chi connectivity index (χ3v) is 6.90. The van der Waals surface area contributed by atoms with Crippen molar-refractivity contribution >= 4 is 33.2 Å². The molecule has 37 heavy (non-hydrogen) atoms. The van der Waals surface area contributed by atoms with E-state index >= 15 is 0 Å². The molecule has 186 valence electrons. The molecule has 5 rings (SSSR count). The van der Waals surface area contributed by atoms with Crippen LogP contribution in [0.5, 0.6) is 0 Å². The molecule has 0 N–H and O–H groups in total. The molecule has 0 unspecified atom stereocenters. The SMILES string of the molecule is CCCCCCn1c2cc(-c3ccccc3)c([N+](=O)[O-])cc2c2cc([N+](=O)[O-])c(-c3ccccc3)cc21. The summed E-state index contributed by atoms with van der Waals surface area (Å²) >= 11 is 0. The van der Waals surface area contributed by atoms with Gasteiger partial charge in [0.2, 0.25) is 0 Å². The Labute approximate surface area is 214 Å². The van der Waals surface area contributed by atoms with Gasteiger partial charge in [0, 0.05) is 29.4 Å². The molecule has 0 bridgehead atoms. The molecule has 7 heteroatoms. The van der Waals surface area contributed by atoms with Gasteiger partial charge in [-0.2, -0.15) is 0 Å². The van der Waals surface area contributed by atoms with E-state index in [-0.39, 0.29) is 21.2 Å². The van der Waals surface area contributed by atoms with Crippen LogP contribution in [0.1, 0.15) is 32.6 Å². The summed E-state index contributed by atoms with van der Waals surface area (Å²) < 4.78 is 2.17. The Balaban J connectivity index is 1.84. The second kappa shape index (κ2) is 10.2. The maximum absolute atomic E-state index is 12.1. The number of aromatic nitrogens is 1. The number of aryl methyl sites for hydroxylation is 1. The van der Waals surface area contributed by atoms with E-state index in [0.29, 0.717) is 21.9 Å². The quantitative estimate of drug-likeness (QED) is 0.117. The second-order valence-corrected chi connectivity index (χ2v) is 9.23. The van der Waals surface area contributed by atoms with E-state index in [1.54, 1.807) is 12.1 Å². The highest BCUT2D eigenvalue weighted by molar-refractivity contribution is 6.12. The molecule has 0 fully saturated rings. The first-order valence-electron chi connectivity index (χ1n) is 12.5. The molecule has 0 amide bonds. The summed E-state index contributed by atoms with van der Waals surface area (Å²) in [6.45, 7) is 2.88. The maximum Gasteiger partial charge on any atom is 0.277 e. The van der Waals surface area contributed by atoms with E-state index in [9.17, 15) is 20.2 Å². The number of unbranched alkanes of at least 4 members (excludes halogenated alkanes) is 3. The van der Waals surface area contributed by atoms with Crippen molar-refractivity contribution in [2.45, 2.75) is 39.2 Å². The van der Waals surface area contributed by atoms with Gasteiger partial charge < -0.3 is 4.57 Å². The minimum atomic E-state index is -0.376. The van der Waals surface area contributed by atoms with Gasteiger partial charge in [-0.05, 0) is 29.7 Å². The molecular formula is C30H27N3O4. The predicted octanol–water partition coefficient (Wildman–Crippen LogP) is 8.53. The first kappa shape index (κ1) is 24.2. The van der Waals surface area contributed by atoms with Crippen LogP contribution in [0, 0.1) is 20.2 Å². The van der Waals surface area contributed by atoms with Crippen LogP contribution in [0.15, 0.2) is 84.9 Å². The first-order valence-corrected chi connectivity index (χ1v) is 12.5. The highest BCUT2D eigenvalue weighted by atomic mass is 16.6. The molecule has 0 aliphatic carbocycles. The molecule has 4 aromatic carbocycles. The van der Waals surface area contributed by atoms with Crippen molar-refractivity contribution in [2.24, 2.45) is 0 Å². The molecule has 0 radical (unpaired) electrons. The largest absolute Gasteiger partial charge is 0.340 e. The van der Waals surface area contributed by atoms with Crippen LogP contribution >= 0.6 is 0 Å². The van der Waals surface area contributed by atoms with E-state index in [4.69, 9.17) is 0 Å². The highest BCUT2D eigenvalue weighted by Crippen LogP contribution is 2.42. The minimum Gasteiger partial charge on any atom is -0.340 e. The number of rotatable bonds is 9. The number of fused-ring (bicyclic) bond motifs is 3. The fraction of sp³-hybridized carbons (Fsp3) is 0.200. The molecular weight excluding hydrogens is 466 g/mol. The maximum atomic E-state index is 12.1. The Morgan fingerprint density at radius 3 is 1.51 bits per heavy atom. The Kier molecular flexibility index (Phi) is 6.68. The van der Waals surface area contributed by atoms with Crippen molar-refractivity contribution in [1.82, 2.24) is 4.57 Å². The summed E-state index contributed by atoms with van der Waals surface area (Å²) in [4.78, 5) is 23.5. The third-order valence-electron chi connectivity index (χ3n) is 6.90. The van der Waals surface area contributed by atoms with E-state index in [1.165, 1.54) is 0 Å². The van der Waals surface area contributed by atoms with E-state index < -0.39 is 0 Å². The highest BCUT2D eigenvalue weighted by Gasteiger charge is 2.24. The number of nitrogens with zero attached hydrogens (tertiary/aromatic N) is 3. The molecule has 5 aromatic rings. The molecule has 0 atom stereocenters. The lowest BCUT2D eigenvalue weighted by Gasteiger charge is -2.10. The monoisotopic (exact) mass is 493 g/mol. The fourth-order valence-electron chi connectivity index (χ4n) is 5.10. The van der Waals surface area contributed by atoms with Crippen LogP contribution in [0.3, 0.4) is 0 Å². The molecule has 0 aliphatic heterocycles. The zero-order valence-corrected chi connectivity index (χ0v) is 20.6. The van der Waals surface area contributed by atoms with Gasteiger partial charge in [-0.15, -0.1) is 0 Å². The summed E-state index contributed by atoms with van der Waals surface area (Å²) in [6, 6.07) is 25.5. The van der Waals surface area contributed by atoms with Gasteiger partial charge in [-0.25, -0.2) is 0 Å². The van der Waals surface area contributed by atoms with Crippen LogP contribution in [0.4, 0.5) is 11.4 Å². The summed E-state index contributed by atoms with van der Waals surface area (Å²) in [5.41, 5.74) is 4.25. The lowest BCUT2D eigenvalue weighted by molar-refractivity contribution is -0.384. The van der Waals surface area contributed by atoms with Gasteiger partial charge >= 0.3 is 0 Å². The van der Waals surface area contributed by atoms with E-state index in [1.807, 2.05) is 72.8 Å². The summed E-state index contributed by atoms with van der Waals surface area (Å²) in [5.74, 6) is 0. The Hall–Kier alpha value is -4.52. The molecule has 0 spiro atoms.